The van der Waals surface area contributed by atoms with Gasteiger partial charge >= 0.3 is 5.97 Å². The summed E-state index contributed by atoms with van der Waals surface area (Å²) >= 11 is 0. The number of hydrogen-bond donors (Lipinski definition) is 2. The maximum atomic E-state index is 13.8. The highest BCUT2D eigenvalue weighted by Gasteiger charge is 2.78. The van der Waals surface area contributed by atoms with E-state index in [1.54, 1.807) is 6.92 Å². The molecule has 2 amide bonds. The number of fused-ring (bicyclic) bond motifs is 1. The highest BCUT2D eigenvalue weighted by atomic mass is 16.6. The Bertz CT molecular complexity index is 747. The fourth-order valence-corrected chi connectivity index (χ4v) is 5.90. The van der Waals surface area contributed by atoms with Crippen LogP contribution in [0, 0.1) is 17.8 Å². The van der Waals surface area contributed by atoms with Gasteiger partial charge in [0.15, 0.2) is 0 Å². The Kier molecular flexibility index (Phi) is 6.21. The maximum absolute atomic E-state index is 13.8. The third-order valence-corrected chi connectivity index (χ3v) is 6.85. The van der Waals surface area contributed by atoms with Crippen LogP contribution in [0.15, 0.2) is 0 Å². The Morgan fingerprint density at radius 2 is 1.97 bits per heavy atom. The van der Waals surface area contributed by atoms with E-state index >= 15 is 0 Å². The van der Waals surface area contributed by atoms with Gasteiger partial charge in [0.05, 0.1) is 30.8 Å². The first kappa shape index (κ1) is 24.0. The van der Waals surface area contributed by atoms with Crippen LogP contribution < -0.4 is 5.32 Å². The van der Waals surface area contributed by atoms with Crippen molar-refractivity contribution in [3.63, 3.8) is 0 Å². The number of likely N-dealkylation sites (tertiary alicyclic amines) is 1. The second-order valence-electron chi connectivity index (χ2n) is 10.9. The van der Waals surface area contributed by atoms with E-state index in [0.29, 0.717) is 19.3 Å². The summed E-state index contributed by atoms with van der Waals surface area (Å²) in [6.45, 7) is 13.2. The number of nitrogens with zero attached hydrogens (tertiary/aromatic N) is 1. The number of aliphatic hydroxyl groups excluding tert-OH is 1. The van der Waals surface area contributed by atoms with Gasteiger partial charge < -0.3 is 24.8 Å². The number of aliphatic hydroxyl groups is 1. The molecule has 0 aromatic carbocycles. The Labute approximate surface area is 185 Å². The number of carbonyl (C=O) groups excluding carboxylic acids is 3. The van der Waals surface area contributed by atoms with Crippen LogP contribution in [0.1, 0.15) is 67.7 Å². The molecular weight excluding hydrogens is 400 g/mol. The van der Waals surface area contributed by atoms with Gasteiger partial charge in [-0.05, 0) is 59.8 Å². The molecule has 176 valence electrons. The summed E-state index contributed by atoms with van der Waals surface area (Å²) in [4.78, 5) is 41.9. The van der Waals surface area contributed by atoms with E-state index in [2.05, 4.69) is 5.32 Å². The van der Waals surface area contributed by atoms with Crippen molar-refractivity contribution in [1.82, 2.24) is 10.2 Å². The van der Waals surface area contributed by atoms with Gasteiger partial charge in [0.2, 0.25) is 11.8 Å². The molecule has 6 atom stereocenters. The zero-order chi connectivity index (χ0) is 23.4. The van der Waals surface area contributed by atoms with Crippen LogP contribution in [0.4, 0.5) is 0 Å². The van der Waals surface area contributed by atoms with Crippen LogP contribution >= 0.6 is 0 Å². The summed E-state index contributed by atoms with van der Waals surface area (Å²) in [6, 6.07) is -1.43. The van der Waals surface area contributed by atoms with E-state index in [1.165, 1.54) is 4.90 Å². The molecule has 0 aromatic rings. The van der Waals surface area contributed by atoms with Crippen molar-refractivity contribution >= 4 is 17.8 Å². The molecule has 0 radical (unpaired) electrons. The number of rotatable bonds is 7. The van der Waals surface area contributed by atoms with Crippen molar-refractivity contribution in [2.75, 3.05) is 13.2 Å². The number of ether oxygens (including phenoxy) is 2. The quantitative estimate of drug-likeness (QED) is 0.586. The average Bonchev–Trinajstić information content (AvgIpc) is 3.19. The second-order valence-corrected chi connectivity index (χ2v) is 10.9. The van der Waals surface area contributed by atoms with Gasteiger partial charge in [-0.25, -0.2) is 0 Å². The monoisotopic (exact) mass is 438 g/mol. The lowest BCUT2D eigenvalue weighted by atomic mass is 9.66. The third-order valence-electron chi connectivity index (χ3n) is 6.85. The third kappa shape index (κ3) is 3.86. The minimum atomic E-state index is -1.09. The first-order chi connectivity index (χ1) is 14.3. The lowest BCUT2D eigenvalue weighted by Crippen LogP contribution is -2.60. The molecule has 3 rings (SSSR count). The molecule has 1 spiro atoms. The van der Waals surface area contributed by atoms with Gasteiger partial charge in [-0.1, -0.05) is 13.8 Å². The van der Waals surface area contributed by atoms with Gasteiger partial charge in [0.1, 0.15) is 17.6 Å². The highest BCUT2D eigenvalue weighted by Crippen LogP contribution is 2.63. The van der Waals surface area contributed by atoms with Crippen molar-refractivity contribution in [3.05, 3.63) is 0 Å². The molecule has 8 nitrogen and oxygen atoms in total. The molecule has 0 saturated carbocycles. The number of esters is 1. The molecule has 0 aromatic heterocycles. The number of nitrogens with one attached hydrogen (secondary N) is 1. The molecule has 3 aliphatic heterocycles. The summed E-state index contributed by atoms with van der Waals surface area (Å²) in [5.74, 6) is -2.39. The van der Waals surface area contributed by atoms with Gasteiger partial charge in [0.25, 0.3) is 0 Å². The largest absolute Gasteiger partial charge is 0.466 e. The Morgan fingerprint density at radius 3 is 2.48 bits per heavy atom. The Morgan fingerprint density at radius 1 is 1.32 bits per heavy atom. The van der Waals surface area contributed by atoms with Gasteiger partial charge in [-0.2, -0.15) is 0 Å². The molecule has 3 fully saturated rings. The van der Waals surface area contributed by atoms with Gasteiger partial charge in [0, 0.05) is 5.54 Å². The molecule has 2 N–H and O–H groups in total. The molecule has 31 heavy (non-hydrogen) atoms. The average molecular weight is 439 g/mol. The minimum absolute atomic E-state index is 0.212. The predicted molar refractivity (Wildman–Crippen MR) is 114 cm³/mol. The molecule has 0 aliphatic carbocycles. The van der Waals surface area contributed by atoms with Crippen molar-refractivity contribution in [1.29, 1.82) is 0 Å². The lowest BCUT2D eigenvalue weighted by Gasteiger charge is -2.39. The van der Waals surface area contributed by atoms with Crippen LogP contribution in [-0.4, -0.2) is 69.8 Å². The fourth-order valence-electron chi connectivity index (χ4n) is 5.90. The van der Waals surface area contributed by atoms with Crippen LogP contribution in [0.5, 0.6) is 0 Å². The summed E-state index contributed by atoms with van der Waals surface area (Å²) in [7, 11) is 0. The predicted octanol–water partition coefficient (Wildman–Crippen LogP) is 1.64. The van der Waals surface area contributed by atoms with E-state index in [1.807, 2.05) is 41.5 Å². The van der Waals surface area contributed by atoms with E-state index in [9.17, 15) is 19.5 Å². The van der Waals surface area contributed by atoms with E-state index in [-0.39, 0.29) is 30.9 Å². The standard InChI is InChI=1S/C23H38N2O6/c1-8-30-20(29)16-15-19(28)25(14(12-26)11-13(2)3)17(18(27)24-21(4,5)6)23(15)10-9-22(16,7)31-23/h13-17,26H,8-12H2,1-7H3,(H,24,27)/t14-,15+,16-,17?,22+,23?/m1/s1. The summed E-state index contributed by atoms with van der Waals surface area (Å²) in [6.07, 6.45) is 1.63. The van der Waals surface area contributed by atoms with E-state index in [4.69, 9.17) is 9.47 Å². The number of carbonyl (C=O) groups is 3. The smallest absolute Gasteiger partial charge is 0.312 e. The van der Waals surface area contributed by atoms with Crippen LogP contribution in [0.25, 0.3) is 0 Å². The molecule has 2 unspecified atom stereocenters. The van der Waals surface area contributed by atoms with Gasteiger partial charge in [-0.15, -0.1) is 0 Å². The summed E-state index contributed by atoms with van der Waals surface area (Å²) in [5, 5.41) is 13.2. The fraction of sp³-hybridized carbons (Fsp3) is 0.870. The van der Waals surface area contributed by atoms with E-state index < -0.39 is 46.6 Å². The van der Waals surface area contributed by atoms with Gasteiger partial charge in [-0.3, -0.25) is 14.4 Å². The van der Waals surface area contributed by atoms with Crippen LogP contribution in [0.3, 0.4) is 0 Å². The Hall–Kier alpha value is -1.67. The zero-order valence-corrected chi connectivity index (χ0v) is 19.9. The molecule has 2 bridgehead atoms. The molecule has 3 saturated heterocycles. The Balaban J connectivity index is 2.10. The first-order valence-electron chi connectivity index (χ1n) is 11.4. The molecule has 3 aliphatic rings. The van der Waals surface area contributed by atoms with Crippen LogP contribution in [0.2, 0.25) is 0 Å². The lowest BCUT2D eigenvalue weighted by molar-refractivity contribution is -0.160. The minimum Gasteiger partial charge on any atom is -0.466 e. The molecule has 8 heteroatoms. The molecule has 3 heterocycles. The van der Waals surface area contributed by atoms with Crippen molar-refractivity contribution in [2.45, 2.75) is 96.6 Å². The highest BCUT2D eigenvalue weighted by molar-refractivity contribution is 5.98. The normalized spacial score (nSPS) is 35.5. The number of amides is 2. The summed E-state index contributed by atoms with van der Waals surface area (Å²) < 4.78 is 11.8. The maximum Gasteiger partial charge on any atom is 0.312 e. The molecular formula is C23H38N2O6. The number of hydrogen-bond acceptors (Lipinski definition) is 6. The van der Waals surface area contributed by atoms with Crippen LogP contribution in [-0.2, 0) is 23.9 Å². The topological polar surface area (TPSA) is 105 Å². The van der Waals surface area contributed by atoms with Crippen molar-refractivity contribution < 1.29 is 29.0 Å². The summed E-state index contributed by atoms with van der Waals surface area (Å²) in [5.41, 5.74) is -2.44. The van der Waals surface area contributed by atoms with Crippen molar-refractivity contribution in [3.8, 4) is 0 Å². The SMILES string of the molecule is CCOC(=O)[C@H]1[C@H]2C(=O)N([C@@H](CO)CC(C)C)C(C(=O)NC(C)(C)C)C23CC[C@]1(C)O3. The van der Waals surface area contributed by atoms with Crippen molar-refractivity contribution in [2.24, 2.45) is 17.8 Å². The zero-order valence-electron chi connectivity index (χ0n) is 19.9. The first-order valence-corrected chi connectivity index (χ1v) is 11.4. The second kappa shape index (κ2) is 8.03. The van der Waals surface area contributed by atoms with E-state index in [0.717, 1.165) is 0 Å².